The number of hydrogen-bond acceptors (Lipinski definition) is 3. The van der Waals surface area contributed by atoms with E-state index in [-0.39, 0.29) is 24.3 Å². The van der Waals surface area contributed by atoms with Crippen molar-refractivity contribution in [3.8, 4) is 0 Å². The lowest BCUT2D eigenvalue weighted by atomic mass is 9.97. The number of amides is 1. The maximum absolute atomic E-state index is 12.4. The molecule has 0 saturated carbocycles. The molecule has 1 atom stereocenters. The molecule has 1 aliphatic heterocycles. The minimum absolute atomic E-state index is 0.0883. The van der Waals surface area contributed by atoms with Gasteiger partial charge in [-0.15, -0.1) is 0 Å². The van der Waals surface area contributed by atoms with E-state index in [1.54, 1.807) is 0 Å². The highest BCUT2D eigenvalue weighted by Gasteiger charge is 2.27. The first kappa shape index (κ1) is 15.4. The smallest absolute Gasteiger partial charge is 0.323 e. The van der Waals surface area contributed by atoms with Crippen LogP contribution in [0.5, 0.6) is 0 Å². The number of para-hydroxylation sites is 1. The first-order chi connectivity index (χ1) is 9.97. The third-order valence-corrected chi connectivity index (χ3v) is 3.62. The monoisotopic (exact) mass is 290 g/mol. The van der Waals surface area contributed by atoms with Crippen LogP contribution in [-0.2, 0) is 9.59 Å². The minimum Gasteiger partial charge on any atom is -0.480 e. The molecule has 1 aromatic rings. The quantitative estimate of drug-likeness (QED) is 0.842. The van der Waals surface area contributed by atoms with Crippen molar-refractivity contribution in [2.45, 2.75) is 26.2 Å². The molecule has 0 aromatic heterocycles. The van der Waals surface area contributed by atoms with Gasteiger partial charge >= 0.3 is 5.97 Å². The van der Waals surface area contributed by atoms with Crippen LogP contribution in [0.3, 0.4) is 0 Å². The Morgan fingerprint density at radius 1 is 1.38 bits per heavy atom. The van der Waals surface area contributed by atoms with E-state index < -0.39 is 5.97 Å². The number of rotatable bonds is 6. The van der Waals surface area contributed by atoms with Gasteiger partial charge in [-0.1, -0.05) is 32.0 Å². The number of hydrogen-bond donors (Lipinski definition) is 2. The summed E-state index contributed by atoms with van der Waals surface area (Å²) in [6.45, 7) is 4.95. The summed E-state index contributed by atoms with van der Waals surface area (Å²) in [6.07, 6.45) is 0.351. The minimum atomic E-state index is -0.964. The van der Waals surface area contributed by atoms with Gasteiger partial charge in [0.1, 0.15) is 6.54 Å². The SMILES string of the molecule is CC(C)CN(CC(=O)O)C(=O)CC1CNc2ccccc21. The summed E-state index contributed by atoms with van der Waals surface area (Å²) in [6, 6.07) is 7.96. The molecule has 0 saturated heterocycles. The van der Waals surface area contributed by atoms with Crippen LogP contribution in [0.4, 0.5) is 5.69 Å². The van der Waals surface area contributed by atoms with Gasteiger partial charge in [-0.05, 0) is 17.5 Å². The summed E-state index contributed by atoms with van der Waals surface area (Å²) in [5, 5.41) is 12.2. The molecule has 1 aliphatic rings. The fraction of sp³-hybridized carbons (Fsp3) is 0.500. The Balaban J connectivity index is 2.04. The number of fused-ring (bicyclic) bond motifs is 1. The van der Waals surface area contributed by atoms with E-state index in [9.17, 15) is 9.59 Å². The van der Waals surface area contributed by atoms with Gasteiger partial charge in [0.2, 0.25) is 5.91 Å². The van der Waals surface area contributed by atoms with Gasteiger partial charge in [-0.25, -0.2) is 0 Å². The van der Waals surface area contributed by atoms with Gasteiger partial charge in [0, 0.05) is 31.1 Å². The van der Waals surface area contributed by atoms with Crippen molar-refractivity contribution >= 4 is 17.6 Å². The molecule has 1 unspecified atom stereocenters. The van der Waals surface area contributed by atoms with Gasteiger partial charge in [0.25, 0.3) is 0 Å². The number of carbonyl (C=O) groups is 2. The Morgan fingerprint density at radius 2 is 2.10 bits per heavy atom. The summed E-state index contributed by atoms with van der Waals surface area (Å²) < 4.78 is 0. The Labute approximate surface area is 125 Å². The number of benzene rings is 1. The van der Waals surface area contributed by atoms with Crippen LogP contribution >= 0.6 is 0 Å². The average molecular weight is 290 g/mol. The number of anilines is 1. The highest BCUT2D eigenvalue weighted by molar-refractivity contribution is 5.82. The van der Waals surface area contributed by atoms with Gasteiger partial charge in [-0.2, -0.15) is 0 Å². The third kappa shape index (κ3) is 3.97. The number of carboxylic acids is 1. The van der Waals surface area contributed by atoms with E-state index in [1.165, 1.54) is 4.90 Å². The van der Waals surface area contributed by atoms with E-state index in [0.717, 1.165) is 17.8 Å². The average Bonchev–Trinajstić information content (AvgIpc) is 2.80. The molecule has 114 valence electrons. The van der Waals surface area contributed by atoms with Gasteiger partial charge in [0.05, 0.1) is 0 Å². The normalized spacial score (nSPS) is 16.4. The van der Waals surface area contributed by atoms with Crippen molar-refractivity contribution in [3.63, 3.8) is 0 Å². The molecule has 0 aliphatic carbocycles. The van der Waals surface area contributed by atoms with Crippen LogP contribution in [0.2, 0.25) is 0 Å². The van der Waals surface area contributed by atoms with Crippen LogP contribution in [0.1, 0.15) is 31.7 Å². The van der Waals surface area contributed by atoms with Gasteiger partial charge in [0.15, 0.2) is 0 Å². The van der Waals surface area contributed by atoms with Crippen molar-refractivity contribution in [2.75, 3.05) is 25.0 Å². The lowest BCUT2D eigenvalue weighted by Gasteiger charge is -2.24. The molecule has 0 radical (unpaired) electrons. The lowest BCUT2D eigenvalue weighted by Crippen LogP contribution is -2.39. The van der Waals surface area contributed by atoms with E-state index in [4.69, 9.17) is 5.11 Å². The van der Waals surface area contributed by atoms with Crippen molar-refractivity contribution < 1.29 is 14.7 Å². The number of nitrogens with zero attached hydrogens (tertiary/aromatic N) is 1. The molecular formula is C16H22N2O3. The Hall–Kier alpha value is -2.04. The second kappa shape index (κ2) is 6.61. The summed E-state index contributed by atoms with van der Waals surface area (Å²) in [5.74, 6) is -0.678. The molecular weight excluding hydrogens is 268 g/mol. The van der Waals surface area contributed by atoms with E-state index >= 15 is 0 Å². The Bertz CT molecular complexity index is 528. The van der Waals surface area contributed by atoms with Crippen molar-refractivity contribution in [1.29, 1.82) is 0 Å². The van der Waals surface area contributed by atoms with Crippen molar-refractivity contribution in [2.24, 2.45) is 5.92 Å². The zero-order chi connectivity index (χ0) is 15.4. The lowest BCUT2D eigenvalue weighted by molar-refractivity contribution is -0.145. The highest BCUT2D eigenvalue weighted by Crippen LogP contribution is 2.33. The Kier molecular flexibility index (Phi) is 4.83. The maximum atomic E-state index is 12.4. The molecule has 1 aromatic carbocycles. The summed E-state index contributed by atoms with van der Waals surface area (Å²) >= 11 is 0. The molecule has 21 heavy (non-hydrogen) atoms. The zero-order valence-electron chi connectivity index (χ0n) is 12.5. The maximum Gasteiger partial charge on any atom is 0.323 e. The molecule has 0 fully saturated rings. The van der Waals surface area contributed by atoms with Crippen molar-refractivity contribution in [1.82, 2.24) is 4.90 Å². The standard InChI is InChI=1S/C16H22N2O3/c1-11(2)9-18(10-16(20)21)15(19)7-12-8-17-14-6-4-3-5-13(12)14/h3-6,11-12,17H,7-10H2,1-2H3,(H,20,21). The summed E-state index contributed by atoms with van der Waals surface area (Å²) in [5.41, 5.74) is 2.22. The second-order valence-corrected chi connectivity index (χ2v) is 5.93. The highest BCUT2D eigenvalue weighted by atomic mass is 16.4. The van der Waals surface area contributed by atoms with Crippen molar-refractivity contribution in [3.05, 3.63) is 29.8 Å². The van der Waals surface area contributed by atoms with E-state index in [1.807, 2.05) is 38.1 Å². The van der Waals surface area contributed by atoms with Gasteiger partial charge in [-0.3, -0.25) is 9.59 Å². The fourth-order valence-corrected chi connectivity index (χ4v) is 2.74. The predicted molar refractivity (Wildman–Crippen MR) is 81.3 cm³/mol. The molecule has 0 bridgehead atoms. The topological polar surface area (TPSA) is 69.6 Å². The molecule has 2 rings (SSSR count). The van der Waals surface area contributed by atoms with Crippen LogP contribution in [0.15, 0.2) is 24.3 Å². The zero-order valence-corrected chi connectivity index (χ0v) is 12.5. The fourth-order valence-electron chi connectivity index (χ4n) is 2.74. The molecule has 5 heteroatoms. The molecule has 5 nitrogen and oxygen atoms in total. The molecule has 1 amide bonds. The van der Waals surface area contributed by atoms with E-state index in [0.29, 0.717) is 13.0 Å². The van der Waals surface area contributed by atoms with Crippen LogP contribution in [0.25, 0.3) is 0 Å². The largest absolute Gasteiger partial charge is 0.480 e. The predicted octanol–water partition coefficient (Wildman–Crippen LogP) is 2.15. The van der Waals surface area contributed by atoms with Crippen LogP contribution < -0.4 is 5.32 Å². The third-order valence-electron chi connectivity index (χ3n) is 3.62. The second-order valence-electron chi connectivity index (χ2n) is 5.93. The Morgan fingerprint density at radius 3 is 2.76 bits per heavy atom. The number of carbonyl (C=O) groups excluding carboxylic acids is 1. The van der Waals surface area contributed by atoms with Gasteiger partial charge < -0.3 is 15.3 Å². The number of aliphatic carboxylic acids is 1. The molecule has 2 N–H and O–H groups in total. The number of nitrogens with one attached hydrogen (secondary N) is 1. The molecule has 0 spiro atoms. The van der Waals surface area contributed by atoms with E-state index in [2.05, 4.69) is 5.32 Å². The first-order valence-electron chi connectivity index (χ1n) is 7.29. The van der Waals surface area contributed by atoms with Crippen LogP contribution in [-0.4, -0.2) is 41.5 Å². The summed E-state index contributed by atoms with van der Waals surface area (Å²) in [4.78, 5) is 24.8. The first-order valence-corrected chi connectivity index (χ1v) is 7.29. The molecule has 1 heterocycles. The van der Waals surface area contributed by atoms with Crippen LogP contribution in [0, 0.1) is 5.92 Å². The summed E-state index contributed by atoms with van der Waals surface area (Å²) in [7, 11) is 0. The number of carboxylic acid groups (broad SMARTS) is 1.